The summed E-state index contributed by atoms with van der Waals surface area (Å²) >= 11 is 1.53. The van der Waals surface area contributed by atoms with Gasteiger partial charge in [-0.25, -0.2) is 9.78 Å². The number of benzene rings is 3. The van der Waals surface area contributed by atoms with Crippen molar-refractivity contribution in [3.63, 3.8) is 0 Å². The highest BCUT2D eigenvalue weighted by molar-refractivity contribution is 7.14. The van der Waals surface area contributed by atoms with Crippen LogP contribution in [0.4, 0.5) is 10.8 Å². The van der Waals surface area contributed by atoms with E-state index in [0.29, 0.717) is 5.56 Å². The molecular weight excluding hydrogens is 344 g/mol. The molecule has 4 rings (SSSR count). The second-order valence-electron chi connectivity index (χ2n) is 5.80. The molecule has 0 amide bonds. The number of ether oxygens (including phenoxy) is 1. The number of thiazole rings is 1. The third kappa shape index (κ3) is 3.30. The van der Waals surface area contributed by atoms with Gasteiger partial charge >= 0.3 is 5.97 Å². The minimum absolute atomic E-state index is 0.357. The zero-order valence-corrected chi connectivity index (χ0v) is 14.9. The second kappa shape index (κ2) is 6.98. The quantitative estimate of drug-likeness (QED) is 0.489. The molecule has 0 bridgehead atoms. The number of carbonyl (C=O) groups excluding carboxylic acids is 1. The highest BCUT2D eigenvalue weighted by Crippen LogP contribution is 2.29. The van der Waals surface area contributed by atoms with Crippen LogP contribution in [0.25, 0.3) is 22.0 Å². The number of carbonyl (C=O) groups is 1. The maximum absolute atomic E-state index is 11.7. The van der Waals surface area contributed by atoms with Crippen molar-refractivity contribution in [1.82, 2.24) is 4.98 Å². The third-order valence-electron chi connectivity index (χ3n) is 4.08. The Morgan fingerprint density at radius 1 is 1.00 bits per heavy atom. The van der Waals surface area contributed by atoms with E-state index in [1.54, 1.807) is 12.1 Å². The maximum atomic E-state index is 11.7. The Morgan fingerprint density at radius 2 is 1.85 bits per heavy atom. The fourth-order valence-electron chi connectivity index (χ4n) is 2.78. The molecule has 3 aromatic carbocycles. The molecule has 0 atom stereocenters. The molecule has 0 saturated carbocycles. The lowest BCUT2D eigenvalue weighted by Gasteiger charge is -2.05. The minimum atomic E-state index is -0.357. The Hall–Kier alpha value is -3.18. The average molecular weight is 360 g/mol. The number of rotatable bonds is 4. The summed E-state index contributed by atoms with van der Waals surface area (Å²) in [4.78, 5) is 16.3. The van der Waals surface area contributed by atoms with Crippen LogP contribution in [0.2, 0.25) is 0 Å². The molecule has 0 spiro atoms. The van der Waals surface area contributed by atoms with Crippen molar-refractivity contribution in [2.24, 2.45) is 0 Å². The molecule has 1 N–H and O–H groups in total. The summed E-state index contributed by atoms with van der Waals surface area (Å²) in [5.41, 5.74) is 3.31. The summed E-state index contributed by atoms with van der Waals surface area (Å²) in [6.45, 7) is 0. The van der Waals surface area contributed by atoms with E-state index in [4.69, 9.17) is 4.74 Å². The summed E-state index contributed by atoms with van der Waals surface area (Å²) in [5, 5.41) is 8.45. The Balaban J connectivity index is 1.58. The van der Waals surface area contributed by atoms with Gasteiger partial charge in [0.15, 0.2) is 5.13 Å². The van der Waals surface area contributed by atoms with Gasteiger partial charge in [-0.15, -0.1) is 11.3 Å². The number of aromatic nitrogens is 1. The van der Waals surface area contributed by atoms with Crippen LogP contribution >= 0.6 is 11.3 Å². The SMILES string of the molecule is COC(=O)c1cccc(Nc2nc(-c3ccc4ccccc4c3)cs2)c1. The van der Waals surface area contributed by atoms with Gasteiger partial charge in [0.25, 0.3) is 0 Å². The van der Waals surface area contributed by atoms with Gasteiger partial charge in [-0.2, -0.15) is 0 Å². The van der Waals surface area contributed by atoms with Crippen LogP contribution in [0, 0.1) is 0 Å². The molecule has 0 radical (unpaired) electrons. The molecule has 0 saturated heterocycles. The van der Waals surface area contributed by atoms with Crippen LogP contribution in [0.3, 0.4) is 0 Å². The highest BCUT2D eigenvalue weighted by atomic mass is 32.1. The van der Waals surface area contributed by atoms with Gasteiger partial charge in [0, 0.05) is 16.6 Å². The first-order chi connectivity index (χ1) is 12.7. The Labute approximate surface area is 155 Å². The smallest absolute Gasteiger partial charge is 0.337 e. The van der Waals surface area contributed by atoms with Gasteiger partial charge in [-0.1, -0.05) is 42.5 Å². The summed E-state index contributed by atoms with van der Waals surface area (Å²) in [6.07, 6.45) is 0. The first kappa shape index (κ1) is 16.3. The Kier molecular flexibility index (Phi) is 4.37. The van der Waals surface area contributed by atoms with Crippen molar-refractivity contribution in [1.29, 1.82) is 0 Å². The first-order valence-corrected chi connectivity index (χ1v) is 9.01. The van der Waals surface area contributed by atoms with Crippen LogP contribution < -0.4 is 5.32 Å². The Morgan fingerprint density at radius 3 is 2.69 bits per heavy atom. The van der Waals surface area contributed by atoms with Crippen LogP contribution in [0.1, 0.15) is 10.4 Å². The maximum Gasteiger partial charge on any atom is 0.337 e. The molecule has 1 heterocycles. The monoisotopic (exact) mass is 360 g/mol. The van der Waals surface area contributed by atoms with Gasteiger partial charge < -0.3 is 10.1 Å². The third-order valence-corrected chi connectivity index (χ3v) is 4.84. The zero-order chi connectivity index (χ0) is 17.9. The van der Waals surface area contributed by atoms with E-state index in [2.05, 4.69) is 40.6 Å². The number of anilines is 2. The zero-order valence-electron chi connectivity index (χ0n) is 14.1. The topological polar surface area (TPSA) is 51.2 Å². The van der Waals surface area contributed by atoms with Gasteiger partial charge in [0.05, 0.1) is 18.4 Å². The number of hydrogen-bond donors (Lipinski definition) is 1. The van der Waals surface area contributed by atoms with Crippen LogP contribution in [-0.2, 0) is 4.74 Å². The number of hydrogen-bond acceptors (Lipinski definition) is 5. The molecule has 128 valence electrons. The van der Waals surface area contributed by atoms with E-state index in [1.165, 1.54) is 29.2 Å². The summed E-state index contributed by atoms with van der Waals surface area (Å²) in [7, 11) is 1.37. The molecule has 5 heteroatoms. The van der Waals surface area contributed by atoms with Crippen LogP contribution in [-0.4, -0.2) is 18.1 Å². The van der Waals surface area contributed by atoms with Crippen molar-refractivity contribution in [3.05, 3.63) is 77.7 Å². The average Bonchev–Trinajstić information content (AvgIpc) is 3.15. The molecule has 26 heavy (non-hydrogen) atoms. The molecule has 0 aliphatic heterocycles. The van der Waals surface area contributed by atoms with Crippen molar-refractivity contribution in [2.45, 2.75) is 0 Å². The predicted octanol–water partition coefficient (Wildman–Crippen LogP) is 5.49. The number of esters is 1. The van der Waals surface area contributed by atoms with Gasteiger partial charge in [0.1, 0.15) is 0 Å². The normalized spacial score (nSPS) is 10.7. The molecular formula is C21H16N2O2S. The lowest BCUT2D eigenvalue weighted by Crippen LogP contribution is -2.01. The molecule has 4 aromatic rings. The van der Waals surface area contributed by atoms with E-state index in [0.717, 1.165) is 22.1 Å². The summed E-state index contributed by atoms with van der Waals surface area (Å²) < 4.78 is 4.76. The molecule has 0 aliphatic rings. The predicted molar refractivity (Wildman–Crippen MR) is 106 cm³/mol. The Bertz CT molecular complexity index is 1090. The number of nitrogens with one attached hydrogen (secondary N) is 1. The summed E-state index contributed by atoms with van der Waals surface area (Å²) in [5.74, 6) is -0.357. The van der Waals surface area contributed by atoms with Gasteiger partial charge in [-0.05, 0) is 35.0 Å². The molecule has 1 aromatic heterocycles. The van der Waals surface area contributed by atoms with Gasteiger partial charge in [-0.3, -0.25) is 0 Å². The van der Waals surface area contributed by atoms with Crippen LogP contribution in [0.5, 0.6) is 0 Å². The van der Waals surface area contributed by atoms with Crippen molar-refractivity contribution < 1.29 is 9.53 Å². The summed E-state index contributed by atoms with van der Waals surface area (Å²) in [6, 6.07) is 21.8. The van der Waals surface area contributed by atoms with E-state index >= 15 is 0 Å². The molecule has 4 nitrogen and oxygen atoms in total. The van der Waals surface area contributed by atoms with E-state index in [1.807, 2.05) is 29.6 Å². The lowest BCUT2D eigenvalue weighted by atomic mass is 10.1. The second-order valence-corrected chi connectivity index (χ2v) is 6.66. The minimum Gasteiger partial charge on any atom is -0.465 e. The van der Waals surface area contributed by atoms with E-state index in [9.17, 15) is 4.79 Å². The lowest BCUT2D eigenvalue weighted by molar-refractivity contribution is 0.0601. The van der Waals surface area contributed by atoms with E-state index in [-0.39, 0.29) is 5.97 Å². The van der Waals surface area contributed by atoms with Crippen molar-refractivity contribution in [3.8, 4) is 11.3 Å². The highest BCUT2D eigenvalue weighted by Gasteiger charge is 2.08. The largest absolute Gasteiger partial charge is 0.465 e. The number of fused-ring (bicyclic) bond motifs is 1. The van der Waals surface area contributed by atoms with Gasteiger partial charge in [0.2, 0.25) is 0 Å². The molecule has 0 aliphatic carbocycles. The van der Waals surface area contributed by atoms with E-state index < -0.39 is 0 Å². The number of nitrogens with zero attached hydrogens (tertiary/aromatic N) is 1. The number of methoxy groups -OCH3 is 1. The van der Waals surface area contributed by atoms with Crippen molar-refractivity contribution in [2.75, 3.05) is 12.4 Å². The molecule has 0 unspecified atom stereocenters. The first-order valence-electron chi connectivity index (χ1n) is 8.13. The fourth-order valence-corrected chi connectivity index (χ4v) is 3.52. The van der Waals surface area contributed by atoms with Crippen molar-refractivity contribution >= 4 is 38.9 Å². The fraction of sp³-hybridized carbons (Fsp3) is 0.0476. The molecule has 0 fully saturated rings. The van der Waals surface area contributed by atoms with Crippen LogP contribution in [0.15, 0.2) is 72.1 Å². The standard InChI is InChI=1S/C21H16N2O2S/c1-25-20(24)17-7-4-8-18(12-17)22-21-23-19(13-26-21)16-10-9-14-5-2-3-6-15(14)11-16/h2-13H,1H3,(H,22,23).